The van der Waals surface area contributed by atoms with E-state index in [-0.39, 0.29) is 36.4 Å². The zero-order chi connectivity index (χ0) is 18.4. The average molecular weight is 389 g/mol. The van der Waals surface area contributed by atoms with Gasteiger partial charge in [-0.3, -0.25) is 9.59 Å². The molecule has 1 fully saturated rings. The predicted molar refractivity (Wildman–Crippen MR) is 92.5 cm³/mol. The molecule has 2 N–H and O–H groups in total. The van der Waals surface area contributed by atoms with Crippen LogP contribution in [-0.2, 0) is 24.3 Å². The number of sulfonamides is 1. The number of carbonyl (C=O) groups excluding carboxylic acids is 2. The highest BCUT2D eigenvalue weighted by Crippen LogP contribution is 2.32. The smallest absolute Gasteiger partial charge is 0.307 e. The van der Waals surface area contributed by atoms with Crippen LogP contribution in [0.25, 0.3) is 0 Å². The van der Waals surface area contributed by atoms with Crippen molar-refractivity contribution in [2.24, 2.45) is 5.92 Å². The molecule has 0 aromatic heterocycles. The highest BCUT2D eigenvalue weighted by Gasteiger charge is 2.28. The van der Waals surface area contributed by atoms with E-state index < -0.39 is 16.0 Å². The van der Waals surface area contributed by atoms with Gasteiger partial charge < -0.3 is 10.1 Å². The zero-order valence-electron chi connectivity index (χ0n) is 13.8. The van der Waals surface area contributed by atoms with Crippen molar-refractivity contribution < 1.29 is 22.7 Å². The minimum Gasteiger partial charge on any atom is -0.456 e. The van der Waals surface area contributed by atoms with Gasteiger partial charge in [-0.05, 0) is 49.9 Å². The average Bonchev–Trinajstić information content (AvgIpc) is 3.38. The van der Waals surface area contributed by atoms with Gasteiger partial charge >= 0.3 is 5.97 Å². The molecule has 0 bridgehead atoms. The summed E-state index contributed by atoms with van der Waals surface area (Å²) in [6.07, 6.45) is 2.04. The van der Waals surface area contributed by atoms with E-state index >= 15 is 0 Å². The van der Waals surface area contributed by atoms with Gasteiger partial charge in [-0.1, -0.05) is 11.6 Å². The van der Waals surface area contributed by atoms with Crippen LogP contribution in [0.3, 0.4) is 0 Å². The first-order valence-electron chi connectivity index (χ1n) is 7.98. The summed E-state index contributed by atoms with van der Waals surface area (Å²) in [7, 11) is -3.72. The van der Waals surface area contributed by atoms with E-state index in [0.29, 0.717) is 10.9 Å². The third-order valence-electron chi connectivity index (χ3n) is 3.83. The van der Waals surface area contributed by atoms with Crippen molar-refractivity contribution in [3.05, 3.63) is 29.3 Å². The number of rotatable bonds is 9. The zero-order valence-corrected chi connectivity index (χ0v) is 15.4. The molecule has 7 nitrogen and oxygen atoms in total. The number of nitrogens with one attached hydrogen (secondary N) is 2. The Morgan fingerprint density at radius 2 is 1.92 bits per heavy atom. The third kappa shape index (κ3) is 6.64. The fourth-order valence-electron chi connectivity index (χ4n) is 2.21. The van der Waals surface area contributed by atoms with Gasteiger partial charge in [-0.25, -0.2) is 13.1 Å². The molecule has 9 heteroatoms. The summed E-state index contributed by atoms with van der Waals surface area (Å²) in [5.41, 5.74) is 0. The third-order valence-corrected chi connectivity index (χ3v) is 5.56. The molecule has 2 rings (SSSR count). The molecule has 138 valence electrons. The largest absolute Gasteiger partial charge is 0.456 e. The highest BCUT2D eigenvalue weighted by atomic mass is 35.5. The van der Waals surface area contributed by atoms with Gasteiger partial charge in [0, 0.05) is 17.6 Å². The second-order valence-electron chi connectivity index (χ2n) is 5.96. The first-order valence-corrected chi connectivity index (χ1v) is 9.84. The van der Waals surface area contributed by atoms with Crippen molar-refractivity contribution in [2.45, 2.75) is 37.1 Å². The van der Waals surface area contributed by atoms with Crippen LogP contribution >= 0.6 is 11.6 Å². The lowest BCUT2D eigenvalue weighted by atomic mass is 10.2. The predicted octanol–water partition coefficient (Wildman–Crippen LogP) is 1.47. The molecule has 0 spiro atoms. The number of carbonyl (C=O) groups is 2. The molecular weight excluding hydrogens is 368 g/mol. The van der Waals surface area contributed by atoms with Crippen molar-refractivity contribution in [1.82, 2.24) is 10.0 Å². The molecule has 1 amide bonds. The van der Waals surface area contributed by atoms with Gasteiger partial charge in [0.05, 0.1) is 11.3 Å². The minimum atomic E-state index is -3.72. The maximum atomic E-state index is 12.0. The SMILES string of the molecule is C[C@@H](NC(=O)COC(=O)CCNS(=O)(=O)c1ccc(Cl)cc1)C1CC1. The van der Waals surface area contributed by atoms with Crippen LogP contribution in [0.15, 0.2) is 29.2 Å². The molecule has 1 saturated carbocycles. The molecule has 0 heterocycles. The molecule has 1 aliphatic rings. The van der Waals surface area contributed by atoms with E-state index in [2.05, 4.69) is 10.0 Å². The monoisotopic (exact) mass is 388 g/mol. The molecule has 0 unspecified atom stereocenters. The molecule has 1 atom stereocenters. The first kappa shape index (κ1) is 19.7. The van der Waals surface area contributed by atoms with Crippen LogP contribution in [0.5, 0.6) is 0 Å². The van der Waals surface area contributed by atoms with Gasteiger partial charge in [0.1, 0.15) is 0 Å². The van der Waals surface area contributed by atoms with E-state index in [1.807, 2.05) is 6.92 Å². The Hall–Kier alpha value is -1.64. The van der Waals surface area contributed by atoms with E-state index in [0.717, 1.165) is 12.8 Å². The summed E-state index contributed by atoms with van der Waals surface area (Å²) in [4.78, 5) is 23.3. The second kappa shape index (κ2) is 8.64. The van der Waals surface area contributed by atoms with Crippen molar-refractivity contribution >= 4 is 33.5 Å². The molecule has 1 aromatic rings. The number of esters is 1. The molecule has 25 heavy (non-hydrogen) atoms. The van der Waals surface area contributed by atoms with Crippen molar-refractivity contribution in [1.29, 1.82) is 0 Å². The molecule has 1 aliphatic carbocycles. The lowest BCUT2D eigenvalue weighted by Gasteiger charge is -2.12. The fourth-order valence-corrected chi connectivity index (χ4v) is 3.37. The number of amides is 1. The molecule has 0 saturated heterocycles. The Kier molecular flexibility index (Phi) is 6.80. The Bertz CT molecular complexity index is 717. The summed E-state index contributed by atoms with van der Waals surface area (Å²) in [6.45, 7) is 1.44. The summed E-state index contributed by atoms with van der Waals surface area (Å²) >= 11 is 5.71. The van der Waals surface area contributed by atoms with E-state index in [1.54, 1.807) is 0 Å². The van der Waals surface area contributed by atoms with Gasteiger partial charge in [-0.15, -0.1) is 0 Å². The Morgan fingerprint density at radius 1 is 1.28 bits per heavy atom. The van der Waals surface area contributed by atoms with Gasteiger partial charge in [0.2, 0.25) is 10.0 Å². The first-order chi connectivity index (χ1) is 11.8. The van der Waals surface area contributed by atoms with Crippen LogP contribution in [0, 0.1) is 5.92 Å². The van der Waals surface area contributed by atoms with Crippen LogP contribution in [0.4, 0.5) is 0 Å². The van der Waals surface area contributed by atoms with Crippen LogP contribution in [-0.4, -0.2) is 39.5 Å². The maximum Gasteiger partial charge on any atom is 0.307 e. The minimum absolute atomic E-state index is 0.0544. The van der Waals surface area contributed by atoms with Crippen LogP contribution in [0.1, 0.15) is 26.2 Å². The normalized spacial score (nSPS) is 15.4. The lowest BCUT2D eigenvalue weighted by molar-refractivity contribution is -0.148. The lowest BCUT2D eigenvalue weighted by Crippen LogP contribution is -2.37. The summed E-state index contributed by atoms with van der Waals surface area (Å²) in [5.74, 6) is -0.482. The number of benzene rings is 1. The Balaban J connectivity index is 1.67. The quantitative estimate of drug-likeness (QED) is 0.624. The highest BCUT2D eigenvalue weighted by molar-refractivity contribution is 7.89. The molecule has 0 radical (unpaired) electrons. The van der Waals surface area contributed by atoms with Gasteiger partial charge in [0.15, 0.2) is 6.61 Å². The van der Waals surface area contributed by atoms with Crippen LogP contribution < -0.4 is 10.0 Å². The van der Waals surface area contributed by atoms with E-state index in [4.69, 9.17) is 16.3 Å². The molecule has 0 aliphatic heterocycles. The Morgan fingerprint density at radius 3 is 2.52 bits per heavy atom. The number of hydrogen-bond acceptors (Lipinski definition) is 5. The fraction of sp³-hybridized carbons (Fsp3) is 0.500. The standard InChI is InChI=1S/C16H21ClN2O5S/c1-11(12-2-3-12)19-15(20)10-24-16(21)8-9-18-25(22,23)14-6-4-13(17)5-7-14/h4-7,11-12,18H,2-3,8-10H2,1H3,(H,19,20)/t11-/m1/s1. The van der Waals surface area contributed by atoms with Crippen molar-refractivity contribution in [3.8, 4) is 0 Å². The van der Waals surface area contributed by atoms with Gasteiger partial charge in [-0.2, -0.15) is 0 Å². The van der Waals surface area contributed by atoms with E-state index in [9.17, 15) is 18.0 Å². The van der Waals surface area contributed by atoms with Crippen LogP contribution in [0.2, 0.25) is 5.02 Å². The Labute approximate surface area is 152 Å². The molecule has 1 aromatic carbocycles. The topological polar surface area (TPSA) is 102 Å². The number of hydrogen-bond donors (Lipinski definition) is 2. The summed E-state index contributed by atoms with van der Waals surface area (Å²) in [5, 5.41) is 3.19. The van der Waals surface area contributed by atoms with E-state index in [1.165, 1.54) is 24.3 Å². The van der Waals surface area contributed by atoms with Gasteiger partial charge in [0.25, 0.3) is 5.91 Å². The molecular formula is C16H21ClN2O5S. The summed E-state index contributed by atoms with van der Waals surface area (Å²) in [6, 6.07) is 5.75. The van der Waals surface area contributed by atoms with Crippen molar-refractivity contribution in [3.63, 3.8) is 0 Å². The number of ether oxygens (including phenoxy) is 1. The summed E-state index contributed by atoms with van der Waals surface area (Å²) < 4.78 is 31.2. The number of halogens is 1. The maximum absolute atomic E-state index is 12.0. The van der Waals surface area contributed by atoms with Crippen molar-refractivity contribution in [2.75, 3.05) is 13.2 Å². The second-order valence-corrected chi connectivity index (χ2v) is 8.16.